The maximum atomic E-state index is 12.6. The van der Waals surface area contributed by atoms with Crippen LogP contribution in [-0.2, 0) is 9.53 Å². The number of carbonyl (C=O) groups excluding carboxylic acids is 1. The van der Waals surface area contributed by atoms with E-state index >= 15 is 0 Å². The van der Waals surface area contributed by atoms with Crippen LogP contribution in [0, 0.1) is 6.92 Å². The Bertz CT molecular complexity index is 861. The highest BCUT2D eigenvalue weighted by Crippen LogP contribution is 2.29. The molecule has 1 unspecified atom stereocenters. The van der Waals surface area contributed by atoms with Gasteiger partial charge in [-0.05, 0) is 38.7 Å². The molecule has 8 heteroatoms. The average molecular weight is 384 g/mol. The van der Waals surface area contributed by atoms with Crippen molar-refractivity contribution < 1.29 is 9.53 Å². The molecule has 3 fully saturated rings. The highest BCUT2D eigenvalue weighted by molar-refractivity contribution is 5.90. The maximum absolute atomic E-state index is 12.6. The molecule has 28 heavy (non-hydrogen) atoms. The predicted octanol–water partition coefficient (Wildman–Crippen LogP) is 1.69. The molecule has 2 aromatic rings. The summed E-state index contributed by atoms with van der Waals surface area (Å²) in [5, 5.41) is 1.07. The first kappa shape index (κ1) is 17.7. The summed E-state index contributed by atoms with van der Waals surface area (Å²) in [6, 6.07) is 2.13. The summed E-state index contributed by atoms with van der Waals surface area (Å²) < 4.78 is 5.58. The summed E-state index contributed by atoms with van der Waals surface area (Å²) in [5.74, 6) is 1.96. The third-order valence-corrected chi connectivity index (χ3v) is 6.08. The van der Waals surface area contributed by atoms with Gasteiger partial charge in [0.25, 0.3) is 5.91 Å². The van der Waals surface area contributed by atoms with Crippen molar-refractivity contribution in [3.8, 4) is 0 Å². The van der Waals surface area contributed by atoms with Crippen molar-refractivity contribution in [1.29, 1.82) is 0 Å². The van der Waals surface area contributed by atoms with Crippen molar-refractivity contribution >= 4 is 28.7 Å². The van der Waals surface area contributed by atoms with E-state index in [4.69, 9.17) is 14.7 Å². The van der Waals surface area contributed by atoms with Crippen molar-refractivity contribution in [2.45, 2.75) is 38.7 Å². The number of aryl methyl sites for hydroxylation is 1. The van der Waals surface area contributed by atoms with E-state index in [2.05, 4.69) is 27.8 Å². The van der Waals surface area contributed by atoms with Crippen molar-refractivity contribution in [3.63, 3.8) is 0 Å². The van der Waals surface area contributed by atoms with Crippen LogP contribution in [0.1, 0.15) is 31.4 Å². The summed E-state index contributed by atoms with van der Waals surface area (Å²) in [5.41, 5.74) is 2.00. The number of anilines is 2. The predicted molar refractivity (Wildman–Crippen MR) is 108 cm³/mol. The zero-order valence-electron chi connectivity index (χ0n) is 16.5. The van der Waals surface area contributed by atoms with Crippen molar-refractivity contribution in [2.24, 2.45) is 0 Å². The van der Waals surface area contributed by atoms with Crippen molar-refractivity contribution in [1.82, 2.24) is 19.9 Å². The van der Waals surface area contributed by atoms with Crippen LogP contribution in [0.2, 0.25) is 0 Å². The first-order valence-electron chi connectivity index (χ1n) is 10.5. The van der Waals surface area contributed by atoms with Gasteiger partial charge in [-0.1, -0.05) is 0 Å². The topological polar surface area (TPSA) is 77.6 Å². The molecule has 0 saturated carbocycles. The summed E-state index contributed by atoms with van der Waals surface area (Å²) in [7, 11) is 0. The number of ether oxygens (including phenoxy) is 1. The lowest BCUT2D eigenvalue weighted by molar-refractivity contribution is -0.141. The van der Waals surface area contributed by atoms with Gasteiger partial charge in [-0.2, -0.15) is 9.97 Å². The van der Waals surface area contributed by atoms with E-state index in [9.17, 15) is 4.79 Å². The Morgan fingerprint density at radius 2 is 1.86 bits per heavy atom. The van der Waals surface area contributed by atoms with Gasteiger partial charge < -0.3 is 24.4 Å². The molecule has 0 bridgehead atoms. The van der Waals surface area contributed by atoms with Crippen LogP contribution in [0.3, 0.4) is 0 Å². The molecule has 0 aromatic carbocycles. The largest absolute Gasteiger partial charge is 0.368 e. The van der Waals surface area contributed by atoms with Crippen LogP contribution < -0.4 is 9.80 Å². The molecule has 0 aliphatic carbocycles. The van der Waals surface area contributed by atoms with Gasteiger partial charge in [0, 0.05) is 51.6 Å². The lowest BCUT2D eigenvalue weighted by atomic mass is 10.2. The summed E-state index contributed by atoms with van der Waals surface area (Å²) in [6.07, 6.45) is 4.01. The minimum absolute atomic E-state index is 0.153. The van der Waals surface area contributed by atoms with E-state index in [1.54, 1.807) is 0 Å². The van der Waals surface area contributed by atoms with Crippen LogP contribution in [0.25, 0.3) is 11.0 Å². The highest BCUT2D eigenvalue weighted by Gasteiger charge is 2.31. The fourth-order valence-electron chi connectivity index (χ4n) is 4.53. The second-order valence-electron chi connectivity index (χ2n) is 8.07. The number of hydrogen-bond acceptors (Lipinski definition) is 6. The molecule has 150 valence electrons. The molecule has 1 amide bonds. The second-order valence-corrected chi connectivity index (χ2v) is 8.07. The Labute approximate surface area is 164 Å². The van der Waals surface area contributed by atoms with Crippen molar-refractivity contribution in [2.75, 3.05) is 55.7 Å². The molecule has 2 aromatic heterocycles. The molecule has 3 saturated heterocycles. The van der Waals surface area contributed by atoms with Gasteiger partial charge in [-0.15, -0.1) is 0 Å². The quantitative estimate of drug-likeness (QED) is 0.868. The molecule has 0 spiro atoms. The van der Waals surface area contributed by atoms with Crippen LogP contribution in [0.15, 0.2) is 6.07 Å². The molecule has 1 atom stereocenters. The minimum Gasteiger partial charge on any atom is -0.368 e. The van der Waals surface area contributed by atoms with Gasteiger partial charge in [0.05, 0.1) is 5.39 Å². The van der Waals surface area contributed by atoms with Gasteiger partial charge in [0.2, 0.25) is 5.95 Å². The number of H-pyrrole nitrogens is 1. The Balaban J connectivity index is 1.37. The lowest BCUT2D eigenvalue weighted by Crippen LogP contribution is -2.51. The summed E-state index contributed by atoms with van der Waals surface area (Å²) in [6.45, 7) is 7.81. The van der Waals surface area contributed by atoms with Crippen molar-refractivity contribution in [3.05, 3.63) is 11.8 Å². The molecular weight excluding hydrogens is 356 g/mol. The van der Waals surface area contributed by atoms with Gasteiger partial charge in [0.15, 0.2) is 0 Å². The summed E-state index contributed by atoms with van der Waals surface area (Å²) in [4.78, 5) is 32.3. The zero-order valence-corrected chi connectivity index (χ0v) is 16.5. The number of aromatic nitrogens is 3. The molecule has 5 heterocycles. The second kappa shape index (κ2) is 7.24. The number of fused-ring (bicyclic) bond motifs is 1. The smallest absolute Gasteiger partial charge is 0.251 e. The van der Waals surface area contributed by atoms with Gasteiger partial charge in [0.1, 0.15) is 17.6 Å². The standard InChI is InChI=1S/C20H28N6O2/c1-14-13-15-17(21-14)22-20(26-6-2-3-7-26)23-18(15)24-8-10-25(11-9-24)19(27)16-5-4-12-28-16/h13,16H,2-12H2,1H3,(H,21,22,23). The fourth-order valence-corrected chi connectivity index (χ4v) is 4.53. The average Bonchev–Trinajstić information content (AvgIpc) is 3.47. The molecular formula is C20H28N6O2. The number of aromatic amines is 1. The monoisotopic (exact) mass is 384 g/mol. The number of nitrogens with zero attached hydrogens (tertiary/aromatic N) is 5. The van der Waals surface area contributed by atoms with E-state index in [1.807, 2.05) is 4.90 Å². The third-order valence-electron chi connectivity index (χ3n) is 6.08. The number of hydrogen-bond donors (Lipinski definition) is 1. The van der Waals surface area contributed by atoms with Crippen LogP contribution in [0.4, 0.5) is 11.8 Å². The molecule has 1 N–H and O–H groups in total. The first-order chi connectivity index (χ1) is 13.7. The van der Waals surface area contributed by atoms with Crippen LogP contribution in [-0.4, -0.2) is 77.7 Å². The minimum atomic E-state index is -0.230. The third kappa shape index (κ3) is 3.19. The molecule has 3 aliphatic heterocycles. The maximum Gasteiger partial charge on any atom is 0.251 e. The van der Waals surface area contributed by atoms with Gasteiger partial charge in [-0.3, -0.25) is 4.79 Å². The number of rotatable bonds is 3. The molecule has 5 rings (SSSR count). The van der Waals surface area contributed by atoms with E-state index in [1.165, 1.54) is 12.8 Å². The lowest BCUT2D eigenvalue weighted by Gasteiger charge is -2.36. The Morgan fingerprint density at radius 1 is 1.07 bits per heavy atom. The SMILES string of the molecule is Cc1cc2c(N3CCN(C(=O)C4CCCO4)CC3)nc(N3CCCC3)nc2[nH]1. The van der Waals surface area contributed by atoms with Gasteiger partial charge >= 0.3 is 0 Å². The number of carbonyl (C=O) groups is 1. The zero-order chi connectivity index (χ0) is 19.1. The Morgan fingerprint density at radius 3 is 2.57 bits per heavy atom. The number of nitrogens with one attached hydrogen (secondary N) is 1. The molecule has 8 nitrogen and oxygen atoms in total. The van der Waals surface area contributed by atoms with E-state index in [0.717, 1.165) is 67.5 Å². The Hall–Kier alpha value is -2.35. The van der Waals surface area contributed by atoms with Gasteiger partial charge in [-0.25, -0.2) is 0 Å². The Kier molecular flexibility index (Phi) is 4.58. The molecule has 3 aliphatic rings. The summed E-state index contributed by atoms with van der Waals surface area (Å²) >= 11 is 0. The van der Waals surface area contributed by atoms with E-state index in [0.29, 0.717) is 19.7 Å². The fraction of sp³-hybridized carbons (Fsp3) is 0.650. The van der Waals surface area contributed by atoms with E-state index < -0.39 is 0 Å². The molecule has 0 radical (unpaired) electrons. The van der Waals surface area contributed by atoms with E-state index in [-0.39, 0.29) is 12.0 Å². The van der Waals surface area contributed by atoms with Crippen LogP contribution in [0.5, 0.6) is 0 Å². The normalized spacial score (nSPS) is 23.2. The number of piperazine rings is 1. The highest BCUT2D eigenvalue weighted by atomic mass is 16.5. The number of amides is 1. The van der Waals surface area contributed by atoms with Crippen LogP contribution >= 0.6 is 0 Å². The first-order valence-corrected chi connectivity index (χ1v) is 10.5.